The fourth-order valence-electron chi connectivity index (χ4n) is 4.14. The van der Waals surface area contributed by atoms with Crippen molar-refractivity contribution in [3.63, 3.8) is 0 Å². The summed E-state index contributed by atoms with van der Waals surface area (Å²) in [6.07, 6.45) is 0.516. The summed E-state index contributed by atoms with van der Waals surface area (Å²) < 4.78 is 4.98. The van der Waals surface area contributed by atoms with Gasteiger partial charge < -0.3 is 15.0 Å². The number of anilines is 2. The molecule has 1 fully saturated rings. The lowest BCUT2D eigenvalue weighted by Crippen LogP contribution is -2.39. The van der Waals surface area contributed by atoms with E-state index in [1.807, 2.05) is 30.3 Å². The number of esters is 1. The number of nitrogens with one attached hydrogen (secondary N) is 1. The van der Waals surface area contributed by atoms with E-state index < -0.39 is 12.0 Å². The fourth-order valence-corrected chi connectivity index (χ4v) is 4.84. The minimum atomic E-state index is -0.806. The number of thiocarbonyl (C=S) groups is 1. The lowest BCUT2D eigenvalue weighted by molar-refractivity contribution is -0.124. The smallest absolute Gasteiger partial charge is 0.338 e. The average Bonchev–Trinajstić information content (AvgIpc) is 3.13. The van der Waals surface area contributed by atoms with Gasteiger partial charge in [0.05, 0.1) is 34.3 Å². The highest BCUT2D eigenvalue weighted by atomic mass is 35.5. The molecule has 0 bridgehead atoms. The number of nitrogens with zero attached hydrogens (tertiary/aromatic N) is 2. The van der Waals surface area contributed by atoms with E-state index in [1.165, 1.54) is 4.90 Å². The van der Waals surface area contributed by atoms with Gasteiger partial charge in [-0.25, -0.2) is 4.79 Å². The Balaban J connectivity index is 1.52. The first kappa shape index (κ1) is 27.6. The lowest BCUT2D eigenvalue weighted by atomic mass is 10.1. The van der Waals surface area contributed by atoms with Gasteiger partial charge >= 0.3 is 5.97 Å². The van der Waals surface area contributed by atoms with Crippen molar-refractivity contribution >= 4 is 69.7 Å². The molecule has 0 saturated carbocycles. The third-order valence-electron chi connectivity index (χ3n) is 6.02. The molecule has 2 amide bonds. The van der Waals surface area contributed by atoms with Crippen molar-refractivity contribution in [3.05, 3.63) is 94.0 Å². The summed E-state index contributed by atoms with van der Waals surface area (Å²) in [6, 6.07) is 20.2. The molecule has 4 rings (SSSR count). The van der Waals surface area contributed by atoms with Crippen LogP contribution in [-0.4, -0.2) is 47.0 Å². The second-order valence-corrected chi connectivity index (χ2v) is 9.73. The molecular formula is C28H25Cl2N3O4S. The Morgan fingerprint density at radius 2 is 1.71 bits per heavy atom. The second-order valence-electron chi connectivity index (χ2n) is 8.55. The molecule has 1 aliphatic rings. The predicted molar refractivity (Wildman–Crippen MR) is 153 cm³/mol. The van der Waals surface area contributed by atoms with Crippen molar-refractivity contribution < 1.29 is 19.1 Å². The van der Waals surface area contributed by atoms with E-state index in [0.717, 1.165) is 5.56 Å². The largest absolute Gasteiger partial charge is 0.462 e. The van der Waals surface area contributed by atoms with E-state index in [2.05, 4.69) is 5.32 Å². The van der Waals surface area contributed by atoms with Gasteiger partial charge in [-0.1, -0.05) is 53.5 Å². The molecule has 0 spiro atoms. The van der Waals surface area contributed by atoms with Crippen molar-refractivity contribution in [1.82, 2.24) is 4.90 Å². The summed E-state index contributed by atoms with van der Waals surface area (Å²) in [5, 5.41) is 3.74. The van der Waals surface area contributed by atoms with Gasteiger partial charge in [-0.05, 0) is 73.6 Å². The van der Waals surface area contributed by atoms with Crippen LogP contribution in [0.1, 0.15) is 29.3 Å². The highest BCUT2D eigenvalue weighted by Gasteiger charge is 2.44. The standard InChI is InChI=1S/C28H25Cl2N3O4S/c1-2-37-27(36)19-8-10-20(11-9-19)31-25(34)17-24-26(35)33(21-12-13-22(29)23(30)16-21)28(38)32(24)15-14-18-6-4-3-5-7-18/h3-13,16,24H,2,14-15,17H2,1H3,(H,31,34). The van der Waals surface area contributed by atoms with Crippen molar-refractivity contribution in [3.8, 4) is 0 Å². The maximum absolute atomic E-state index is 13.6. The van der Waals surface area contributed by atoms with Crippen LogP contribution in [0.15, 0.2) is 72.8 Å². The first-order valence-electron chi connectivity index (χ1n) is 12.0. The van der Waals surface area contributed by atoms with Crippen LogP contribution in [-0.2, 0) is 20.7 Å². The molecule has 1 unspecified atom stereocenters. The Labute approximate surface area is 236 Å². The molecule has 196 valence electrons. The van der Waals surface area contributed by atoms with E-state index in [0.29, 0.717) is 45.1 Å². The molecule has 7 nitrogen and oxygen atoms in total. The normalized spacial score (nSPS) is 15.1. The summed E-state index contributed by atoms with van der Waals surface area (Å²) in [5.74, 6) is -1.13. The fraction of sp³-hybridized carbons (Fsp3) is 0.214. The highest BCUT2D eigenvalue weighted by Crippen LogP contribution is 2.32. The molecule has 1 N–H and O–H groups in total. The van der Waals surface area contributed by atoms with Crippen molar-refractivity contribution in [2.24, 2.45) is 0 Å². The molecule has 3 aromatic rings. The van der Waals surface area contributed by atoms with Gasteiger partial charge in [0.2, 0.25) is 5.91 Å². The monoisotopic (exact) mass is 569 g/mol. The van der Waals surface area contributed by atoms with Gasteiger partial charge in [0.1, 0.15) is 6.04 Å². The molecule has 0 aromatic heterocycles. The third-order valence-corrected chi connectivity index (χ3v) is 7.18. The highest BCUT2D eigenvalue weighted by molar-refractivity contribution is 7.80. The van der Waals surface area contributed by atoms with Crippen LogP contribution in [0.4, 0.5) is 11.4 Å². The Morgan fingerprint density at radius 1 is 1.00 bits per heavy atom. The van der Waals surface area contributed by atoms with Gasteiger partial charge in [-0.15, -0.1) is 0 Å². The summed E-state index contributed by atoms with van der Waals surface area (Å²) in [7, 11) is 0. The molecular weight excluding hydrogens is 545 g/mol. The summed E-state index contributed by atoms with van der Waals surface area (Å²) >= 11 is 18.0. The average molecular weight is 570 g/mol. The number of amides is 2. The van der Waals surface area contributed by atoms with Crippen molar-refractivity contribution in [2.75, 3.05) is 23.4 Å². The third kappa shape index (κ3) is 6.32. The molecule has 3 aromatic carbocycles. The number of ether oxygens (including phenoxy) is 1. The number of benzene rings is 3. The SMILES string of the molecule is CCOC(=O)c1ccc(NC(=O)CC2C(=O)N(c3ccc(Cl)c(Cl)c3)C(=S)N2CCc2ccccc2)cc1. The van der Waals surface area contributed by atoms with Gasteiger partial charge in [0.25, 0.3) is 5.91 Å². The topological polar surface area (TPSA) is 78.9 Å². The van der Waals surface area contributed by atoms with E-state index in [4.69, 9.17) is 40.2 Å². The van der Waals surface area contributed by atoms with Crippen LogP contribution >= 0.6 is 35.4 Å². The van der Waals surface area contributed by atoms with Crippen molar-refractivity contribution in [1.29, 1.82) is 0 Å². The first-order chi connectivity index (χ1) is 18.3. The Bertz CT molecular complexity index is 1350. The van der Waals surface area contributed by atoms with Crippen LogP contribution in [0.5, 0.6) is 0 Å². The summed E-state index contributed by atoms with van der Waals surface area (Å²) in [6.45, 7) is 2.45. The number of hydrogen-bond acceptors (Lipinski definition) is 5. The summed E-state index contributed by atoms with van der Waals surface area (Å²) in [4.78, 5) is 41.7. The minimum Gasteiger partial charge on any atom is -0.462 e. The van der Waals surface area contributed by atoms with Gasteiger partial charge in [0.15, 0.2) is 5.11 Å². The number of hydrogen-bond donors (Lipinski definition) is 1. The van der Waals surface area contributed by atoms with Gasteiger partial charge in [-0.3, -0.25) is 14.5 Å². The van der Waals surface area contributed by atoms with E-state index >= 15 is 0 Å². The number of carbonyl (C=O) groups excluding carboxylic acids is 3. The van der Waals surface area contributed by atoms with E-state index in [9.17, 15) is 14.4 Å². The van der Waals surface area contributed by atoms with E-state index in [-0.39, 0.29) is 24.8 Å². The Morgan fingerprint density at radius 3 is 2.37 bits per heavy atom. The van der Waals surface area contributed by atoms with Crippen LogP contribution in [0.25, 0.3) is 0 Å². The van der Waals surface area contributed by atoms with Crippen LogP contribution in [0, 0.1) is 0 Å². The maximum Gasteiger partial charge on any atom is 0.338 e. The number of carbonyl (C=O) groups is 3. The quantitative estimate of drug-likeness (QED) is 0.261. The van der Waals surface area contributed by atoms with E-state index in [1.54, 1.807) is 54.3 Å². The zero-order valence-corrected chi connectivity index (χ0v) is 22.9. The molecule has 38 heavy (non-hydrogen) atoms. The first-order valence-corrected chi connectivity index (χ1v) is 13.2. The minimum absolute atomic E-state index is 0.120. The molecule has 1 heterocycles. The Kier molecular flexibility index (Phi) is 8.99. The molecule has 0 radical (unpaired) electrons. The van der Waals surface area contributed by atoms with Gasteiger partial charge in [0, 0.05) is 12.2 Å². The van der Waals surface area contributed by atoms with Crippen LogP contribution in [0.2, 0.25) is 10.0 Å². The molecule has 10 heteroatoms. The summed E-state index contributed by atoms with van der Waals surface area (Å²) in [5.41, 5.74) is 2.44. The lowest BCUT2D eigenvalue weighted by Gasteiger charge is -2.24. The van der Waals surface area contributed by atoms with Crippen LogP contribution < -0.4 is 10.2 Å². The number of halogens is 2. The zero-order chi connectivity index (χ0) is 27.2. The Hall–Kier alpha value is -3.46. The predicted octanol–water partition coefficient (Wildman–Crippen LogP) is 5.74. The molecule has 1 aliphatic heterocycles. The second kappa shape index (κ2) is 12.4. The van der Waals surface area contributed by atoms with Gasteiger partial charge in [-0.2, -0.15) is 0 Å². The van der Waals surface area contributed by atoms with Crippen molar-refractivity contribution in [2.45, 2.75) is 25.8 Å². The maximum atomic E-state index is 13.6. The van der Waals surface area contributed by atoms with Crippen LogP contribution in [0.3, 0.4) is 0 Å². The zero-order valence-electron chi connectivity index (χ0n) is 20.5. The molecule has 1 saturated heterocycles. The molecule has 1 atom stereocenters. The number of rotatable bonds is 9. The molecule has 0 aliphatic carbocycles.